The van der Waals surface area contributed by atoms with Gasteiger partial charge in [0.15, 0.2) is 0 Å². The Morgan fingerprint density at radius 1 is 0.941 bits per heavy atom. The lowest BCUT2D eigenvalue weighted by atomic mass is 9.94. The number of likely N-dealkylation sites (tertiary alicyclic amines) is 2. The minimum absolute atomic E-state index is 0. The molecule has 2 aliphatic heterocycles. The Bertz CT molecular complexity index is 202. The Morgan fingerprint density at radius 3 is 2.24 bits per heavy atom. The van der Waals surface area contributed by atoms with E-state index in [4.69, 9.17) is 0 Å². The standard InChI is InChI=1S/C14H28N2.ClH/c1-3-13-7-5-6-10-16(13)14-8-11-15(4-2)12-9-14;/h13-14H,3-12H2,1-2H3;1H. The molecule has 0 aromatic carbocycles. The lowest BCUT2D eigenvalue weighted by Crippen LogP contribution is -2.50. The van der Waals surface area contributed by atoms with Crippen LogP contribution in [-0.4, -0.2) is 48.1 Å². The van der Waals surface area contributed by atoms with Gasteiger partial charge in [0.05, 0.1) is 0 Å². The Balaban J connectivity index is 0.00000144. The van der Waals surface area contributed by atoms with Gasteiger partial charge in [0, 0.05) is 12.1 Å². The Morgan fingerprint density at radius 2 is 1.65 bits per heavy atom. The lowest BCUT2D eigenvalue weighted by molar-refractivity contribution is 0.0500. The average Bonchev–Trinajstić information content (AvgIpc) is 2.39. The summed E-state index contributed by atoms with van der Waals surface area (Å²) in [7, 11) is 0. The maximum atomic E-state index is 2.84. The van der Waals surface area contributed by atoms with E-state index in [-0.39, 0.29) is 12.4 Å². The molecule has 0 aromatic heterocycles. The summed E-state index contributed by atoms with van der Waals surface area (Å²) in [6.45, 7) is 9.92. The summed E-state index contributed by atoms with van der Waals surface area (Å²) in [6, 6.07) is 1.79. The van der Waals surface area contributed by atoms with Gasteiger partial charge in [-0.1, -0.05) is 20.3 Å². The summed E-state index contributed by atoms with van der Waals surface area (Å²) >= 11 is 0. The van der Waals surface area contributed by atoms with Gasteiger partial charge in [0.2, 0.25) is 0 Å². The summed E-state index contributed by atoms with van der Waals surface area (Å²) in [6.07, 6.45) is 8.51. The fourth-order valence-corrected chi connectivity index (χ4v) is 3.51. The van der Waals surface area contributed by atoms with Gasteiger partial charge in [-0.2, -0.15) is 0 Å². The molecule has 2 aliphatic rings. The van der Waals surface area contributed by atoms with Crippen molar-refractivity contribution in [1.82, 2.24) is 9.80 Å². The van der Waals surface area contributed by atoms with E-state index in [1.165, 1.54) is 64.7 Å². The Hall–Kier alpha value is 0.210. The number of piperidine rings is 2. The van der Waals surface area contributed by atoms with Crippen LogP contribution in [0, 0.1) is 0 Å². The van der Waals surface area contributed by atoms with Crippen LogP contribution in [0.5, 0.6) is 0 Å². The first-order valence-corrected chi connectivity index (χ1v) is 7.33. The van der Waals surface area contributed by atoms with Gasteiger partial charge in [-0.3, -0.25) is 4.90 Å². The molecular weight excluding hydrogens is 232 g/mol. The van der Waals surface area contributed by atoms with Crippen LogP contribution in [0.25, 0.3) is 0 Å². The van der Waals surface area contributed by atoms with Crippen molar-refractivity contribution in [3.05, 3.63) is 0 Å². The zero-order valence-corrected chi connectivity index (χ0v) is 12.3. The van der Waals surface area contributed by atoms with Crippen molar-refractivity contribution in [2.24, 2.45) is 0 Å². The molecule has 1 unspecified atom stereocenters. The van der Waals surface area contributed by atoms with Gasteiger partial charge in [-0.25, -0.2) is 0 Å². The second-order valence-corrected chi connectivity index (χ2v) is 5.46. The molecule has 0 aromatic rings. The van der Waals surface area contributed by atoms with Crippen LogP contribution in [0.15, 0.2) is 0 Å². The maximum absolute atomic E-state index is 2.84. The first kappa shape index (κ1) is 15.3. The molecule has 0 saturated carbocycles. The van der Waals surface area contributed by atoms with E-state index in [0.717, 1.165) is 12.1 Å². The van der Waals surface area contributed by atoms with Gasteiger partial charge in [-0.15, -0.1) is 12.4 Å². The second-order valence-electron chi connectivity index (χ2n) is 5.46. The van der Waals surface area contributed by atoms with Crippen molar-refractivity contribution < 1.29 is 0 Å². The van der Waals surface area contributed by atoms with Crippen LogP contribution in [0.2, 0.25) is 0 Å². The molecule has 0 bridgehead atoms. The molecule has 0 amide bonds. The quantitative estimate of drug-likeness (QED) is 0.769. The van der Waals surface area contributed by atoms with Crippen LogP contribution in [0.4, 0.5) is 0 Å². The van der Waals surface area contributed by atoms with E-state index >= 15 is 0 Å². The summed E-state index contributed by atoms with van der Waals surface area (Å²) in [5.41, 5.74) is 0. The smallest absolute Gasteiger partial charge is 0.0122 e. The predicted octanol–water partition coefficient (Wildman–Crippen LogP) is 3.16. The van der Waals surface area contributed by atoms with Gasteiger partial charge >= 0.3 is 0 Å². The van der Waals surface area contributed by atoms with E-state index in [1.807, 2.05) is 0 Å². The van der Waals surface area contributed by atoms with Gasteiger partial charge in [0.1, 0.15) is 0 Å². The second kappa shape index (κ2) is 7.60. The maximum Gasteiger partial charge on any atom is 0.0122 e. The first-order valence-electron chi connectivity index (χ1n) is 7.33. The predicted molar refractivity (Wildman–Crippen MR) is 77.0 cm³/mol. The zero-order chi connectivity index (χ0) is 11.4. The van der Waals surface area contributed by atoms with Crippen LogP contribution < -0.4 is 0 Å². The highest BCUT2D eigenvalue weighted by atomic mass is 35.5. The molecule has 1 atom stereocenters. The molecule has 3 heteroatoms. The molecule has 2 fully saturated rings. The molecule has 2 heterocycles. The average molecular weight is 261 g/mol. The molecule has 2 rings (SSSR count). The largest absolute Gasteiger partial charge is 0.303 e. The van der Waals surface area contributed by atoms with Crippen molar-refractivity contribution in [1.29, 1.82) is 0 Å². The van der Waals surface area contributed by atoms with E-state index < -0.39 is 0 Å². The number of hydrogen-bond donors (Lipinski definition) is 0. The SMILES string of the molecule is CCC1CCCCN1C1CCN(CC)CC1.Cl. The Labute approximate surface area is 113 Å². The number of nitrogens with zero attached hydrogens (tertiary/aromatic N) is 2. The third-order valence-corrected chi connectivity index (χ3v) is 4.62. The summed E-state index contributed by atoms with van der Waals surface area (Å²) < 4.78 is 0. The molecule has 102 valence electrons. The van der Waals surface area contributed by atoms with Crippen molar-refractivity contribution in [2.75, 3.05) is 26.2 Å². The van der Waals surface area contributed by atoms with Crippen LogP contribution >= 0.6 is 12.4 Å². The fraction of sp³-hybridized carbons (Fsp3) is 1.00. The van der Waals surface area contributed by atoms with Crippen LogP contribution in [-0.2, 0) is 0 Å². The first-order chi connectivity index (χ1) is 7.85. The summed E-state index contributed by atoms with van der Waals surface area (Å²) in [4.78, 5) is 5.44. The summed E-state index contributed by atoms with van der Waals surface area (Å²) in [5.74, 6) is 0. The highest BCUT2D eigenvalue weighted by molar-refractivity contribution is 5.85. The van der Waals surface area contributed by atoms with Gasteiger partial charge in [0.25, 0.3) is 0 Å². The van der Waals surface area contributed by atoms with Gasteiger partial charge in [-0.05, 0) is 58.3 Å². The van der Waals surface area contributed by atoms with Crippen molar-refractivity contribution >= 4 is 12.4 Å². The van der Waals surface area contributed by atoms with Crippen LogP contribution in [0.1, 0.15) is 52.4 Å². The number of rotatable bonds is 3. The molecule has 0 aliphatic carbocycles. The third kappa shape index (κ3) is 3.84. The molecule has 0 N–H and O–H groups in total. The van der Waals surface area contributed by atoms with E-state index in [2.05, 4.69) is 23.6 Å². The third-order valence-electron chi connectivity index (χ3n) is 4.62. The molecule has 0 spiro atoms. The normalized spacial score (nSPS) is 28.9. The monoisotopic (exact) mass is 260 g/mol. The van der Waals surface area contributed by atoms with E-state index in [0.29, 0.717) is 0 Å². The molecule has 2 nitrogen and oxygen atoms in total. The fourth-order valence-electron chi connectivity index (χ4n) is 3.51. The van der Waals surface area contributed by atoms with Crippen LogP contribution in [0.3, 0.4) is 0 Å². The highest BCUT2D eigenvalue weighted by Gasteiger charge is 2.29. The summed E-state index contributed by atoms with van der Waals surface area (Å²) in [5, 5.41) is 0. The number of hydrogen-bond acceptors (Lipinski definition) is 2. The van der Waals surface area contributed by atoms with E-state index in [9.17, 15) is 0 Å². The molecule has 17 heavy (non-hydrogen) atoms. The molecular formula is C14H29ClN2. The van der Waals surface area contributed by atoms with Gasteiger partial charge < -0.3 is 4.90 Å². The number of halogens is 1. The lowest BCUT2D eigenvalue weighted by Gasteiger charge is -2.44. The van der Waals surface area contributed by atoms with Crippen molar-refractivity contribution in [3.63, 3.8) is 0 Å². The molecule has 0 radical (unpaired) electrons. The molecule has 2 saturated heterocycles. The zero-order valence-electron chi connectivity index (χ0n) is 11.5. The van der Waals surface area contributed by atoms with E-state index in [1.54, 1.807) is 0 Å². The minimum atomic E-state index is 0. The Kier molecular flexibility index (Phi) is 6.83. The topological polar surface area (TPSA) is 6.48 Å². The van der Waals surface area contributed by atoms with Crippen molar-refractivity contribution in [2.45, 2.75) is 64.5 Å². The highest BCUT2D eigenvalue weighted by Crippen LogP contribution is 2.26. The minimum Gasteiger partial charge on any atom is -0.303 e. The van der Waals surface area contributed by atoms with Crippen molar-refractivity contribution in [3.8, 4) is 0 Å².